The maximum Gasteiger partial charge on any atom is 0.417 e. The molecule has 164 valence electrons. The van der Waals surface area contributed by atoms with Crippen molar-refractivity contribution in [1.29, 1.82) is 0 Å². The minimum absolute atomic E-state index is 0.0901. The molecule has 1 heterocycles. The third-order valence-electron chi connectivity index (χ3n) is 4.40. The molecule has 0 spiro atoms. The van der Waals surface area contributed by atoms with Crippen LogP contribution in [0.5, 0.6) is 17.2 Å². The number of benzene rings is 2. The second-order valence-electron chi connectivity index (χ2n) is 6.32. The Morgan fingerprint density at radius 2 is 1.58 bits per heavy atom. The molecule has 0 N–H and O–H groups in total. The SMILES string of the molecule is COc1cc(COC(=O)c2ccc(-c3ccccc3C(F)(F)F)o2)cc(OC)c1OC. The normalized spacial score (nSPS) is 11.2. The molecule has 31 heavy (non-hydrogen) atoms. The highest BCUT2D eigenvalue weighted by Crippen LogP contribution is 2.39. The molecule has 3 aromatic rings. The molecule has 0 radical (unpaired) electrons. The number of methoxy groups -OCH3 is 3. The molecule has 0 amide bonds. The van der Waals surface area contributed by atoms with Gasteiger partial charge in [-0.2, -0.15) is 13.2 Å². The van der Waals surface area contributed by atoms with Crippen LogP contribution in [-0.2, 0) is 17.5 Å². The first-order valence-corrected chi connectivity index (χ1v) is 9.01. The fourth-order valence-electron chi connectivity index (χ4n) is 2.98. The molecule has 0 aliphatic heterocycles. The summed E-state index contributed by atoms with van der Waals surface area (Å²) in [5.41, 5.74) is -0.475. The van der Waals surface area contributed by atoms with E-state index in [1.165, 1.54) is 51.7 Å². The van der Waals surface area contributed by atoms with Crippen LogP contribution in [0.2, 0.25) is 0 Å². The summed E-state index contributed by atoms with van der Waals surface area (Å²) >= 11 is 0. The second-order valence-corrected chi connectivity index (χ2v) is 6.32. The number of hydrogen-bond donors (Lipinski definition) is 0. The van der Waals surface area contributed by atoms with Gasteiger partial charge in [0.25, 0.3) is 0 Å². The number of hydrogen-bond acceptors (Lipinski definition) is 6. The van der Waals surface area contributed by atoms with Gasteiger partial charge in [0.1, 0.15) is 12.4 Å². The average molecular weight is 436 g/mol. The van der Waals surface area contributed by atoms with E-state index in [0.29, 0.717) is 22.8 Å². The molecule has 0 atom stereocenters. The standard InChI is InChI=1S/C22H19F3O6/c1-27-18-10-13(11-19(28-2)20(18)29-3)12-30-21(26)17-9-8-16(31-17)14-6-4-5-7-15(14)22(23,24)25/h4-11H,12H2,1-3H3. The zero-order valence-corrected chi connectivity index (χ0v) is 16.9. The lowest BCUT2D eigenvalue weighted by atomic mass is 10.1. The molecular weight excluding hydrogens is 417 g/mol. The first-order valence-electron chi connectivity index (χ1n) is 9.01. The number of furan rings is 1. The molecule has 0 saturated heterocycles. The molecule has 0 bridgehead atoms. The van der Waals surface area contributed by atoms with Crippen molar-refractivity contribution >= 4 is 5.97 Å². The zero-order chi connectivity index (χ0) is 22.6. The molecule has 9 heteroatoms. The molecule has 0 saturated carbocycles. The Kier molecular flexibility index (Phi) is 6.43. The van der Waals surface area contributed by atoms with Crippen LogP contribution in [0.15, 0.2) is 52.9 Å². The number of carbonyl (C=O) groups is 1. The highest BCUT2D eigenvalue weighted by atomic mass is 19.4. The Morgan fingerprint density at radius 3 is 2.16 bits per heavy atom. The molecule has 2 aromatic carbocycles. The Hall–Kier alpha value is -3.62. The second kappa shape index (κ2) is 9.03. The highest BCUT2D eigenvalue weighted by molar-refractivity contribution is 5.87. The fraction of sp³-hybridized carbons (Fsp3) is 0.227. The minimum Gasteiger partial charge on any atom is -0.493 e. The lowest BCUT2D eigenvalue weighted by molar-refractivity contribution is -0.137. The van der Waals surface area contributed by atoms with Gasteiger partial charge in [-0.1, -0.05) is 18.2 Å². The molecule has 3 rings (SSSR count). The Labute approximate surface area is 176 Å². The molecule has 0 unspecified atom stereocenters. The van der Waals surface area contributed by atoms with Crippen molar-refractivity contribution in [2.24, 2.45) is 0 Å². The van der Waals surface area contributed by atoms with Crippen LogP contribution in [0.4, 0.5) is 13.2 Å². The van der Waals surface area contributed by atoms with Gasteiger partial charge in [-0.25, -0.2) is 4.79 Å². The quantitative estimate of drug-likeness (QED) is 0.466. The molecular formula is C22H19F3O6. The van der Waals surface area contributed by atoms with E-state index < -0.39 is 17.7 Å². The van der Waals surface area contributed by atoms with Gasteiger partial charge in [0.05, 0.1) is 26.9 Å². The summed E-state index contributed by atoms with van der Waals surface area (Å²) in [6.45, 7) is -0.148. The third kappa shape index (κ3) is 4.76. The monoisotopic (exact) mass is 436 g/mol. The van der Waals surface area contributed by atoms with Gasteiger partial charge in [0.2, 0.25) is 11.5 Å². The van der Waals surface area contributed by atoms with Gasteiger partial charge in [-0.3, -0.25) is 0 Å². The summed E-state index contributed by atoms with van der Waals surface area (Å²) in [6, 6.07) is 10.7. The van der Waals surface area contributed by atoms with E-state index in [9.17, 15) is 18.0 Å². The number of alkyl halides is 3. The van der Waals surface area contributed by atoms with Gasteiger partial charge in [0, 0.05) is 5.56 Å². The molecule has 0 aliphatic rings. The number of carbonyl (C=O) groups excluding carboxylic acids is 1. The van der Waals surface area contributed by atoms with Gasteiger partial charge in [-0.05, 0) is 35.9 Å². The van der Waals surface area contributed by atoms with Gasteiger partial charge in [-0.15, -0.1) is 0 Å². The van der Waals surface area contributed by atoms with Crippen LogP contribution < -0.4 is 14.2 Å². The molecule has 0 fully saturated rings. The fourth-order valence-corrected chi connectivity index (χ4v) is 2.98. The van der Waals surface area contributed by atoms with E-state index >= 15 is 0 Å². The molecule has 0 aliphatic carbocycles. The number of ether oxygens (including phenoxy) is 4. The first kappa shape index (κ1) is 22.1. The lowest BCUT2D eigenvalue weighted by Gasteiger charge is -2.14. The number of esters is 1. The van der Waals surface area contributed by atoms with Crippen LogP contribution in [0.1, 0.15) is 21.7 Å². The summed E-state index contributed by atoms with van der Waals surface area (Å²) < 4.78 is 66.0. The largest absolute Gasteiger partial charge is 0.493 e. The number of halogens is 3. The average Bonchev–Trinajstić information content (AvgIpc) is 3.26. The molecule has 1 aromatic heterocycles. The summed E-state index contributed by atoms with van der Waals surface area (Å²) in [7, 11) is 4.37. The van der Waals surface area contributed by atoms with Crippen molar-refractivity contribution in [2.75, 3.05) is 21.3 Å². The van der Waals surface area contributed by atoms with Crippen LogP contribution in [0, 0.1) is 0 Å². The summed E-state index contributed by atoms with van der Waals surface area (Å²) in [4.78, 5) is 12.4. The highest BCUT2D eigenvalue weighted by Gasteiger charge is 2.34. The van der Waals surface area contributed by atoms with E-state index in [4.69, 9.17) is 23.4 Å². The number of rotatable bonds is 7. The predicted molar refractivity (Wildman–Crippen MR) is 104 cm³/mol. The topological polar surface area (TPSA) is 67.1 Å². The predicted octanol–water partition coefficient (Wildman–Crippen LogP) is 5.35. The van der Waals surface area contributed by atoms with E-state index in [1.54, 1.807) is 12.1 Å². The van der Waals surface area contributed by atoms with E-state index in [0.717, 1.165) is 6.07 Å². The van der Waals surface area contributed by atoms with E-state index in [1.807, 2.05) is 0 Å². The van der Waals surface area contributed by atoms with Gasteiger partial charge in [0.15, 0.2) is 11.5 Å². The van der Waals surface area contributed by atoms with Crippen molar-refractivity contribution in [3.8, 4) is 28.6 Å². The Balaban J connectivity index is 1.78. The van der Waals surface area contributed by atoms with Gasteiger partial charge >= 0.3 is 12.1 Å². The Bertz CT molecular complexity index is 1050. The van der Waals surface area contributed by atoms with E-state index in [2.05, 4.69) is 0 Å². The smallest absolute Gasteiger partial charge is 0.417 e. The van der Waals surface area contributed by atoms with Crippen molar-refractivity contribution in [1.82, 2.24) is 0 Å². The van der Waals surface area contributed by atoms with Crippen molar-refractivity contribution in [3.05, 3.63) is 65.4 Å². The third-order valence-corrected chi connectivity index (χ3v) is 4.40. The van der Waals surface area contributed by atoms with Crippen molar-refractivity contribution in [2.45, 2.75) is 12.8 Å². The zero-order valence-electron chi connectivity index (χ0n) is 16.9. The van der Waals surface area contributed by atoms with Crippen LogP contribution in [0.3, 0.4) is 0 Å². The van der Waals surface area contributed by atoms with Crippen LogP contribution in [0.25, 0.3) is 11.3 Å². The summed E-state index contributed by atoms with van der Waals surface area (Å²) in [6.07, 6.45) is -4.56. The molecule has 6 nitrogen and oxygen atoms in total. The maximum absolute atomic E-state index is 13.2. The van der Waals surface area contributed by atoms with Gasteiger partial charge < -0.3 is 23.4 Å². The van der Waals surface area contributed by atoms with Crippen molar-refractivity contribution in [3.63, 3.8) is 0 Å². The summed E-state index contributed by atoms with van der Waals surface area (Å²) in [5, 5.41) is 0. The van der Waals surface area contributed by atoms with Crippen LogP contribution in [-0.4, -0.2) is 27.3 Å². The van der Waals surface area contributed by atoms with Crippen LogP contribution >= 0.6 is 0 Å². The van der Waals surface area contributed by atoms with Crippen molar-refractivity contribution < 1.29 is 41.3 Å². The first-order chi connectivity index (χ1) is 14.8. The lowest BCUT2D eigenvalue weighted by Crippen LogP contribution is -2.06. The maximum atomic E-state index is 13.2. The Morgan fingerprint density at radius 1 is 0.935 bits per heavy atom. The minimum atomic E-state index is -4.56. The van der Waals surface area contributed by atoms with E-state index in [-0.39, 0.29) is 23.7 Å². The summed E-state index contributed by atoms with van der Waals surface area (Å²) in [5.74, 6) is 0.0181.